The van der Waals surface area contributed by atoms with Crippen LogP contribution in [0.15, 0.2) is 33.6 Å². The molecule has 1 N–H and O–H groups in total. The number of aromatic nitrogens is 6. The van der Waals surface area contributed by atoms with Gasteiger partial charge in [-0.3, -0.25) is 28.5 Å². The Morgan fingerprint density at radius 3 is 2.54 bits per heavy atom. The fourth-order valence-corrected chi connectivity index (χ4v) is 4.49. The highest BCUT2D eigenvalue weighted by Gasteiger charge is 2.34. The number of amides is 1. The molecule has 0 unspecified atom stereocenters. The van der Waals surface area contributed by atoms with Crippen LogP contribution in [0.3, 0.4) is 0 Å². The minimum atomic E-state index is -4.57. The summed E-state index contributed by atoms with van der Waals surface area (Å²) < 4.78 is 42.1. The number of carbonyl (C=O) groups is 2. The monoisotopic (exact) mass is 535 g/mol. The van der Waals surface area contributed by atoms with Crippen LogP contribution in [0.25, 0.3) is 21.7 Å². The number of carbonyl (C=O) groups excluding carboxylic acids is 2. The fourth-order valence-electron chi connectivity index (χ4n) is 3.75. The molecule has 4 heterocycles. The van der Waals surface area contributed by atoms with Crippen molar-refractivity contribution in [3.05, 3.63) is 56.1 Å². The normalized spacial score (nSPS) is 12.6. The molecule has 15 heteroatoms. The number of thiazole rings is 1. The Balaban J connectivity index is 1.61. The molecule has 0 radical (unpaired) electrons. The number of nitrogens with zero attached hydrogens (tertiary/aromatic N) is 6. The van der Waals surface area contributed by atoms with Crippen molar-refractivity contribution >= 4 is 40.0 Å². The summed E-state index contributed by atoms with van der Waals surface area (Å²) in [5.41, 5.74) is -2.13. The van der Waals surface area contributed by atoms with Gasteiger partial charge in [-0.15, -0.1) is 11.3 Å². The number of fused-ring (bicyclic) bond motifs is 1. The quantitative estimate of drug-likeness (QED) is 0.401. The Morgan fingerprint density at radius 2 is 1.92 bits per heavy atom. The van der Waals surface area contributed by atoms with E-state index in [2.05, 4.69) is 20.3 Å². The molecular formula is C22H20F3N7O4S. The SMILES string of the molecule is CC(=O)Cn1c(=O)c2c(ncn2[C@@H](C)C(=O)Nc2csc(-c3cnc(C(F)(F)F)c(C)c3)n2)n(C)c1=O. The molecule has 4 aromatic heterocycles. The first kappa shape index (κ1) is 25.9. The van der Waals surface area contributed by atoms with E-state index < -0.39 is 47.4 Å². The molecule has 1 amide bonds. The van der Waals surface area contributed by atoms with Gasteiger partial charge in [0.05, 0.1) is 12.9 Å². The van der Waals surface area contributed by atoms with E-state index in [9.17, 15) is 32.3 Å². The van der Waals surface area contributed by atoms with Gasteiger partial charge in [0.1, 0.15) is 28.3 Å². The van der Waals surface area contributed by atoms with Crippen LogP contribution in [-0.2, 0) is 29.4 Å². The van der Waals surface area contributed by atoms with Crippen LogP contribution in [0, 0.1) is 6.92 Å². The van der Waals surface area contributed by atoms with Gasteiger partial charge in [0.15, 0.2) is 11.2 Å². The number of hydrogen-bond acceptors (Lipinski definition) is 8. The lowest BCUT2D eigenvalue weighted by Crippen LogP contribution is -2.41. The second kappa shape index (κ2) is 9.38. The summed E-state index contributed by atoms with van der Waals surface area (Å²) in [7, 11) is 1.40. The molecule has 194 valence electrons. The van der Waals surface area contributed by atoms with Gasteiger partial charge >= 0.3 is 11.9 Å². The van der Waals surface area contributed by atoms with Gasteiger partial charge in [-0.2, -0.15) is 13.2 Å². The minimum absolute atomic E-state index is 0.0312. The molecule has 0 bridgehead atoms. The number of rotatable bonds is 6. The Morgan fingerprint density at radius 1 is 1.22 bits per heavy atom. The molecule has 11 nitrogen and oxygen atoms in total. The van der Waals surface area contributed by atoms with E-state index in [4.69, 9.17) is 0 Å². The Bertz CT molecular complexity index is 1670. The summed E-state index contributed by atoms with van der Waals surface area (Å²) in [5, 5.41) is 4.47. The predicted molar refractivity (Wildman–Crippen MR) is 128 cm³/mol. The summed E-state index contributed by atoms with van der Waals surface area (Å²) in [6, 6.07) is 0.345. The van der Waals surface area contributed by atoms with E-state index in [1.807, 2.05) is 0 Å². The van der Waals surface area contributed by atoms with Crippen LogP contribution < -0.4 is 16.6 Å². The number of imidazole rings is 1. The molecule has 4 aromatic rings. The molecule has 1 atom stereocenters. The molecule has 0 aliphatic rings. The largest absolute Gasteiger partial charge is 0.433 e. The lowest BCUT2D eigenvalue weighted by molar-refractivity contribution is -0.141. The smallest absolute Gasteiger partial charge is 0.312 e. The molecular weight excluding hydrogens is 515 g/mol. The molecule has 0 fully saturated rings. The van der Waals surface area contributed by atoms with Crippen LogP contribution in [0.4, 0.5) is 19.0 Å². The summed E-state index contributed by atoms with van der Waals surface area (Å²) in [5.74, 6) is -0.808. The van der Waals surface area contributed by atoms with Gasteiger partial charge < -0.3 is 9.88 Å². The van der Waals surface area contributed by atoms with E-state index in [0.29, 0.717) is 10.6 Å². The second-order valence-corrected chi connectivity index (χ2v) is 9.21. The van der Waals surface area contributed by atoms with Gasteiger partial charge in [-0.25, -0.2) is 14.8 Å². The first-order chi connectivity index (χ1) is 17.3. The average Bonchev–Trinajstić information content (AvgIpc) is 3.46. The maximum atomic E-state index is 13.0. The summed E-state index contributed by atoms with van der Waals surface area (Å²) in [4.78, 5) is 61.9. The van der Waals surface area contributed by atoms with E-state index >= 15 is 0 Å². The van der Waals surface area contributed by atoms with Crippen molar-refractivity contribution in [2.45, 2.75) is 39.5 Å². The van der Waals surface area contributed by atoms with Crippen LogP contribution in [0.5, 0.6) is 0 Å². The maximum absolute atomic E-state index is 13.0. The van der Waals surface area contributed by atoms with Crippen molar-refractivity contribution in [2.75, 3.05) is 5.32 Å². The molecule has 0 saturated heterocycles. The molecule has 0 aromatic carbocycles. The van der Waals surface area contributed by atoms with E-state index in [1.54, 1.807) is 0 Å². The van der Waals surface area contributed by atoms with Crippen molar-refractivity contribution in [3.63, 3.8) is 0 Å². The van der Waals surface area contributed by atoms with Crippen molar-refractivity contribution in [2.24, 2.45) is 7.05 Å². The fraction of sp³-hybridized carbons (Fsp3) is 0.318. The Labute approximate surface area is 210 Å². The number of alkyl halides is 3. The third kappa shape index (κ3) is 4.81. The first-order valence-corrected chi connectivity index (χ1v) is 11.6. The molecule has 0 spiro atoms. The van der Waals surface area contributed by atoms with Crippen molar-refractivity contribution in [3.8, 4) is 10.6 Å². The van der Waals surface area contributed by atoms with Gasteiger partial charge in [-0.1, -0.05) is 0 Å². The predicted octanol–water partition coefficient (Wildman–Crippen LogP) is 2.53. The highest BCUT2D eigenvalue weighted by atomic mass is 32.1. The molecule has 0 aliphatic heterocycles. The van der Waals surface area contributed by atoms with E-state index in [0.717, 1.165) is 26.7 Å². The number of nitrogens with one attached hydrogen (secondary N) is 1. The highest BCUT2D eigenvalue weighted by molar-refractivity contribution is 7.13. The number of ketones is 1. The lowest BCUT2D eigenvalue weighted by Gasteiger charge is -2.14. The van der Waals surface area contributed by atoms with Crippen molar-refractivity contribution in [1.29, 1.82) is 0 Å². The van der Waals surface area contributed by atoms with Crippen molar-refractivity contribution in [1.82, 2.24) is 28.7 Å². The lowest BCUT2D eigenvalue weighted by atomic mass is 10.1. The van der Waals surface area contributed by atoms with Crippen LogP contribution in [0.2, 0.25) is 0 Å². The topological polar surface area (TPSA) is 134 Å². The zero-order valence-corrected chi connectivity index (χ0v) is 20.8. The Hall–Kier alpha value is -4.14. The highest BCUT2D eigenvalue weighted by Crippen LogP contribution is 2.33. The summed E-state index contributed by atoms with van der Waals surface area (Å²) >= 11 is 1.10. The number of aryl methyl sites for hydroxylation is 2. The second-order valence-electron chi connectivity index (χ2n) is 8.35. The third-order valence-electron chi connectivity index (χ3n) is 5.58. The number of anilines is 1. The third-order valence-corrected chi connectivity index (χ3v) is 6.48. The van der Waals surface area contributed by atoms with E-state index in [-0.39, 0.29) is 22.5 Å². The van der Waals surface area contributed by atoms with E-state index in [1.165, 1.54) is 50.2 Å². The number of halogens is 3. The van der Waals surface area contributed by atoms with Crippen LogP contribution >= 0.6 is 11.3 Å². The molecule has 4 rings (SSSR count). The average molecular weight is 536 g/mol. The molecule has 37 heavy (non-hydrogen) atoms. The number of pyridine rings is 1. The van der Waals surface area contributed by atoms with Gasteiger partial charge in [0, 0.05) is 24.2 Å². The Kier molecular flexibility index (Phi) is 6.58. The summed E-state index contributed by atoms with van der Waals surface area (Å²) in [6.45, 7) is 3.63. The summed E-state index contributed by atoms with van der Waals surface area (Å²) in [6.07, 6.45) is -2.26. The zero-order chi connectivity index (χ0) is 27.2. The maximum Gasteiger partial charge on any atom is 0.433 e. The van der Waals surface area contributed by atoms with Crippen LogP contribution in [-0.4, -0.2) is 40.3 Å². The zero-order valence-electron chi connectivity index (χ0n) is 20.0. The van der Waals surface area contributed by atoms with Crippen LogP contribution in [0.1, 0.15) is 31.1 Å². The first-order valence-electron chi connectivity index (χ1n) is 10.8. The van der Waals surface area contributed by atoms with Gasteiger partial charge in [0.2, 0.25) is 5.91 Å². The van der Waals surface area contributed by atoms with Crippen molar-refractivity contribution < 1.29 is 22.8 Å². The molecule has 0 aliphatic carbocycles. The minimum Gasteiger partial charge on any atom is -0.312 e. The number of Topliss-reactive ketones (excluding diaryl/α,β-unsaturated/α-hetero) is 1. The number of hydrogen-bond donors (Lipinski definition) is 1. The molecule has 0 saturated carbocycles. The standard InChI is InChI=1S/C22H20F3N7O4S/c1-10-5-13(6-26-16(10)22(23,24)25)19-29-14(8-37-19)28-18(34)12(3)32-9-27-17-15(32)20(35)31(7-11(2)33)21(36)30(17)4/h5-6,8-9,12H,7H2,1-4H3,(H,28,34)/t12-/m0/s1. The van der Waals surface area contributed by atoms with Gasteiger partial charge in [0.25, 0.3) is 5.56 Å². The van der Waals surface area contributed by atoms with Gasteiger partial charge in [-0.05, 0) is 32.4 Å².